The van der Waals surface area contributed by atoms with Gasteiger partial charge in [-0.1, -0.05) is 62.4 Å². The number of H-pyrrole nitrogens is 2. The third kappa shape index (κ3) is 4.99. The van der Waals surface area contributed by atoms with Crippen LogP contribution in [0.2, 0.25) is 0 Å². The maximum atomic E-state index is 13.7. The van der Waals surface area contributed by atoms with Crippen molar-refractivity contribution in [3.8, 4) is 45.6 Å². The van der Waals surface area contributed by atoms with Crippen LogP contribution in [0.3, 0.4) is 0 Å². The Labute approximate surface area is 229 Å². The number of carbonyl (C=O) groups is 1. The number of Topliss-reactive ketones (excluding diaryl/α,β-unsaturated/α-hetero) is 1. The minimum Gasteiger partial charge on any atom is -0.298 e. The van der Waals surface area contributed by atoms with E-state index in [0.717, 1.165) is 33.6 Å². The maximum absolute atomic E-state index is 13.7. The second-order valence-electron chi connectivity index (χ2n) is 9.38. The lowest BCUT2D eigenvalue weighted by molar-refractivity contribution is -0.121. The van der Waals surface area contributed by atoms with Crippen molar-refractivity contribution in [1.82, 2.24) is 51.2 Å². The molecule has 0 spiro atoms. The number of nitrogens with one attached hydrogen (secondary N) is 2. The molecule has 4 heterocycles. The lowest BCUT2D eigenvalue weighted by Gasteiger charge is -2.18. The van der Waals surface area contributed by atoms with E-state index >= 15 is 0 Å². The van der Waals surface area contributed by atoms with Crippen LogP contribution >= 0.6 is 0 Å². The van der Waals surface area contributed by atoms with Crippen molar-refractivity contribution in [3.63, 3.8) is 0 Å². The van der Waals surface area contributed by atoms with Gasteiger partial charge in [-0.3, -0.25) is 4.79 Å². The Morgan fingerprint density at radius 2 is 1.02 bits per heavy atom. The van der Waals surface area contributed by atoms with Crippen molar-refractivity contribution in [1.29, 1.82) is 0 Å². The number of benzene rings is 2. The van der Waals surface area contributed by atoms with Gasteiger partial charge in [-0.15, -0.1) is 20.4 Å². The predicted octanol–water partition coefficient (Wildman–Crippen LogP) is 4.65. The summed E-state index contributed by atoms with van der Waals surface area (Å²) in [4.78, 5) is 23.0. The highest BCUT2D eigenvalue weighted by molar-refractivity contribution is 5.91. The highest BCUT2D eigenvalue weighted by Crippen LogP contribution is 2.31. The van der Waals surface area contributed by atoms with Crippen molar-refractivity contribution in [2.45, 2.75) is 25.7 Å². The van der Waals surface area contributed by atoms with E-state index in [2.05, 4.69) is 51.2 Å². The number of carbonyl (C=O) groups excluding carboxylic acids is 1. The van der Waals surface area contributed by atoms with Crippen LogP contribution in [-0.2, 0) is 4.79 Å². The Bertz CT molecular complexity index is 1640. The van der Waals surface area contributed by atoms with E-state index in [1.54, 1.807) is 0 Å². The van der Waals surface area contributed by atoms with Gasteiger partial charge in [-0.25, -0.2) is 9.97 Å². The second-order valence-corrected chi connectivity index (χ2v) is 9.38. The lowest BCUT2D eigenvalue weighted by atomic mass is 9.84. The highest BCUT2D eigenvalue weighted by atomic mass is 16.1. The molecule has 0 aliphatic carbocycles. The van der Waals surface area contributed by atoms with Gasteiger partial charge in [0.25, 0.3) is 0 Å². The lowest BCUT2D eigenvalue weighted by Crippen LogP contribution is -2.16. The first-order chi connectivity index (χ1) is 19.6. The van der Waals surface area contributed by atoms with Gasteiger partial charge >= 0.3 is 0 Å². The van der Waals surface area contributed by atoms with E-state index in [1.165, 1.54) is 0 Å². The molecule has 4 aromatic heterocycles. The molecule has 196 valence electrons. The molecule has 2 aromatic carbocycles. The molecule has 0 radical (unpaired) electrons. The second kappa shape index (κ2) is 10.7. The number of nitrogens with zero attached hydrogens (tertiary/aromatic N) is 8. The van der Waals surface area contributed by atoms with Gasteiger partial charge in [0.05, 0.1) is 11.4 Å². The molecule has 0 fully saturated rings. The summed E-state index contributed by atoms with van der Waals surface area (Å²) < 4.78 is 0. The summed E-state index contributed by atoms with van der Waals surface area (Å²) in [6.07, 6.45) is 0. The quantitative estimate of drug-likeness (QED) is 0.287. The highest BCUT2D eigenvalue weighted by Gasteiger charge is 2.24. The molecule has 11 nitrogen and oxygen atoms in total. The van der Waals surface area contributed by atoms with Gasteiger partial charge in [0.1, 0.15) is 17.2 Å². The Balaban J connectivity index is 1.23. The number of tetrazole rings is 2. The number of hydrogen-bond donors (Lipinski definition) is 2. The van der Waals surface area contributed by atoms with Crippen LogP contribution in [0, 0.1) is 0 Å². The molecule has 0 saturated heterocycles. The zero-order valence-electron chi connectivity index (χ0n) is 21.7. The van der Waals surface area contributed by atoms with E-state index < -0.39 is 0 Å². The zero-order valence-corrected chi connectivity index (χ0v) is 21.7. The third-order valence-corrected chi connectivity index (χ3v) is 6.87. The summed E-state index contributed by atoms with van der Waals surface area (Å²) in [6.45, 7) is 3.89. The van der Waals surface area contributed by atoms with Gasteiger partial charge in [0.2, 0.25) is 11.6 Å². The van der Waals surface area contributed by atoms with Gasteiger partial charge in [-0.2, -0.15) is 10.4 Å². The molecule has 0 aliphatic heterocycles. The van der Waals surface area contributed by atoms with Crippen molar-refractivity contribution < 1.29 is 4.79 Å². The third-order valence-electron chi connectivity index (χ3n) is 6.87. The fourth-order valence-corrected chi connectivity index (χ4v) is 4.62. The summed E-state index contributed by atoms with van der Waals surface area (Å²) in [5.41, 5.74) is 6.42. The first kappa shape index (κ1) is 24.9. The maximum Gasteiger partial charge on any atom is 0.222 e. The summed E-state index contributed by atoms with van der Waals surface area (Å²) >= 11 is 0. The first-order valence-corrected chi connectivity index (χ1v) is 12.7. The fraction of sp³-hybridized carbons (Fsp3) is 0.138. The SMILES string of the molecule is CC(C(=O)C(C)c1cccc(-c2cccc(-c3nn[nH]n3)n2)c1)c1cccc(-c2cccc(-c3nn[nH]n3)n2)c1. The van der Waals surface area contributed by atoms with Crippen LogP contribution in [0.15, 0.2) is 84.9 Å². The van der Waals surface area contributed by atoms with Gasteiger partial charge < -0.3 is 0 Å². The molecular formula is C29H24N10O. The molecule has 6 rings (SSSR count). The number of pyridine rings is 2. The van der Waals surface area contributed by atoms with E-state index in [4.69, 9.17) is 0 Å². The monoisotopic (exact) mass is 528 g/mol. The smallest absolute Gasteiger partial charge is 0.222 e. The molecule has 0 saturated carbocycles. The van der Waals surface area contributed by atoms with Crippen molar-refractivity contribution >= 4 is 5.78 Å². The van der Waals surface area contributed by atoms with E-state index in [9.17, 15) is 4.79 Å². The molecule has 2 atom stereocenters. The molecule has 40 heavy (non-hydrogen) atoms. The Morgan fingerprint density at radius 1 is 0.600 bits per heavy atom. The van der Waals surface area contributed by atoms with Crippen LogP contribution in [-0.4, -0.2) is 57.0 Å². The zero-order chi connectivity index (χ0) is 27.5. The summed E-state index contributed by atoms with van der Waals surface area (Å²) in [6, 6.07) is 27.1. The van der Waals surface area contributed by atoms with Gasteiger partial charge in [-0.05, 0) is 58.0 Å². The molecule has 2 N–H and O–H groups in total. The van der Waals surface area contributed by atoms with Crippen molar-refractivity contribution in [2.75, 3.05) is 0 Å². The molecule has 0 bridgehead atoms. The molecule has 11 heteroatoms. The minimum absolute atomic E-state index is 0.122. The van der Waals surface area contributed by atoms with Crippen LogP contribution < -0.4 is 0 Å². The average Bonchev–Trinajstić information content (AvgIpc) is 3.76. The van der Waals surface area contributed by atoms with Crippen LogP contribution in [0.25, 0.3) is 45.6 Å². The normalized spacial score (nSPS) is 12.7. The molecule has 2 unspecified atom stereocenters. The van der Waals surface area contributed by atoms with Crippen LogP contribution in [0.1, 0.15) is 36.8 Å². The largest absolute Gasteiger partial charge is 0.298 e. The van der Waals surface area contributed by atoms with Crippen molar-refractivity contribution in [2.24, 2.45) is 0 Å². The Kier molecular flexibility index (Phi) is 6.67. The standard InChI is InChI=1S/C29H24N10O/c1-17(19-7-3-9-21(15-19)23-11-5-13-25(30-23)28-32-36-37-33-28)27(40)18(2)20-8-4-10-22(16-20)24-12-6-14-26(31-24)29-34-38-39-35-29/h3-18H,1-2H3,(H,32,33,36,37)(H,34,35,38,39). The van der Waals surface area contributed by atoms with Gasteiger partial charge in [0, 0.05) is 23.0 Å². The van der Waals surface area contributed by atoms with E-state index in [-0.39, 0.29) is 17.6 Å². The Hall–Kier alpha value is -5.45. The Morgan fingerprint density at radius 3 is 1.45 bits per heavy atom. The number of ketones is 1. The van der Waals surface area contributed by atoms with Crippen molar-refractivity contribution in [3.05, 3.63) is 96.1 Å². The summed E-state index contributed by atoms with van der Waals surface area (Å²) in [7, 11) is 0. The topological polar surface area (TPSA) is 152 Å². The minimum atomic E-state index is -0.321. The van der Waals surface area contributed by atoms with Crippen LogP contribution in [0.5, 0.6) is 0 Å². The first-order valence-electron chi connectivity index (χ1n) is 12.7. The predicted molar refractivity (Wildman–Crippen MR) is 148 cm³/mol. The molecule has 0 amide bonds. The van der Waals surface area contributed by atoms with Crippen LogP contribution in [0.4, 0.5) is 0 Å². The number of aromatic amines is 2. The number of aromatic nitrogens is 10. The number of hydrogen-bond acceptors (Lipinski definition) is 9. The van der Waals surface area contributed by atoms with E-state index in [1.807, 2.05) is 98.8 Å². The fourth-order valence-electron chi connectivity index (χ4n) is 4.62. The average molecular weight is 529 g/mol. The summed E-state index contributed by atoms with van der Waals surface area (Å²) in [5, 5.41) is 28.2. The van der Waals surface area contributed by atoms with Gasteiger partial charge in [0.15, 0.2) is 0 Å². The molecular weight excluding hydrogens is 504 g/mol. The summed E-state index contributed by atoms with van der Waals surface area (Å²) in [5.74, 6) is 0.331. The molecule has 6 aromatic rings. The van der Waals surface area contributed by atoms with E-state index in [0.29, 0.717) is 23.0 Å². The molecule has 0 aliphatic rings. The number of rotatable bonds is 8.